The van der Waals surface area contributed by atoms with Gasteiger partial charge in [-0.25, -0.2) is 0 Å². The molecule has 0 atom stereocenters. The summed E-state index contributed by atoms with van der Waals surface area (Å²) in [6, 6.07) is 0. The predicted molar refractivity (Wildman–Crippen MR) is 58.2 cm³/mol. The van der Waals surface area contributed by atoms with Crippen LogP contribution in [0.3, 0.4) is 0 Å². The molecule has 0 bridgehead atoms. The molecule has 1 aliphatic rings. The van der Waals surface area contributed by atoms with Crippen molar-refractivity contribution in [2.24, 2.45) is 0 Å². The van der Waals surface area contributed by atoms with Crippen LogP contribution in [0.25, 0.3) is 0 Å². The molecule has 0 aromatic heterocycles. The Labute approximate surface area is 86.9 Å². The maximum atomic E-state index is 11.2. The van der Waals surface area contributed by atoms with E-state index in [9.17, 15) is 4.79 Å². The fourth-order valence-electron chi connectivity index (χ4n) is 1.93. The van der Waals surface area contributed by atoms with Gasteiger partial charge in [0.25, 0.3) is 0 Å². The minimum atomic E-state index is 0.199. The van der Waals surface area contributed by atoms with E-state index in [1.54, 1.807) is 0 Å². The number of nitrogens with one attached hydrogen (secondary N) is 1. The largest absolute Gasteiger partial charge is 0.356 e. The Balaban J connectivity index is 1.99. The Morgan fingerprint density at radius 1 is 1.29 bits per heavy atom. The minimum Gasteiger partial charge on any atom is -0.356 e. The minimum absolute atomic E-state index is 0.199. The van der Waals surface area contributed by atoms with Crippen LogP contribution >= 0.6 is 0 Å². The van der Waals surface area contributed by atoms with Crippen molar-refractivity contribution in [2.75, 3.05) is 26.2 Å². The van der Waals surface area contributed by atoms with Crippen LogP contribution in [0.15, 0.2) is 0 Å². The first kappa shape index (κ1) is 11.5. The molecule has 0 spiro atoms. The van der Waals surface area contributed by atoms with Crippen molar-refractivity contribution >= 4 is 5.91 Å². The summed E-state index contributed by atoms with van der Waals surface area (Å²) >= 11 is 0. The lowest BCUT2D eigenvalue weighted by Gasteiger charge is -2.26. The van der Waals surface area contributed by atoms with Gasteiger partial charge in [-0.3, -0.25) is 4.79 Å². The summed E-state index contributed by atoms with van der Waals surface area (Å²) in [5.41, 5.74) is 0. The van der Waals surface area contributed by atoms with E-state index in [0.717, 1.165) is 19.5 Å². The number of hydrogen-bond donors (Lipinski definition) is 1. The monoisotopic (exact) mass is 198 g/mol. The quantitative estimate of drug-likeness (QED) is 0.724. The van der Waals surface area contributed by atoms with Crippen molar-refractivity contribution < 1.29 is 4.79 Å². The summed E-state index contributed by atoms with van der Waals surface area (Å²) in [5.74, 6) is 0.199. The Hall–Kier alpha value is -0.570. The van der Waals surface area contributed by atoms with Gasteiger partial charge < -0.3 is 10.2 Å². The zero-order chi connectivity index (χ0) is 10.2. The lowest BCUT2D eigenvalue weighted by Crippen LogP contribution is -2.31. The molecule has 0 radical (unpaired) electrons. The molecule has 3 nitrogen and oxygen atoms in total. The average Bonchev–Trinajstić information content (AvgIpc) is 2.20. The van der Waals surface area contributed by atoms with Crippen molar-refractivity contribution in [1.29, 1.82) is 0 Å². The number of rotatable bonds is 5. The van der Waals surface area contributed by atoms with Gasteiger partial charge in [-0.15, -0.1) is 0 Å². The van der Waals surface area contributed by atoms with Crippen LogP contribution < -0.4 is 5.32 Å². The third-order valence-electron chi connectivity index (χ3n) is 2.70. The second kappa shape index (κ2) is 6.82. The van der Waals surface area contributed by atoms with Crippen LogP contribution in [0.1, 0.15) is 39.0 Å². The van der Waals surface area contributed by atoms with Gasteiger partial charge in [0.1, 0.15) is 0 Å². The molecule has 3 heteroatoms. The number of likely N-dealkylation sites (tertiary alicyclic amines) is 1. The first-order chi connectivity index (χ1) is 6.83. The second-order valence-electron chi connectivity index (χ2n) is 3.96. The Bertz CT molecular complexity index is 165. The van der Waals surface area contributed by atoms with Crippen molar-refractivity contribution in [3.63, 3.8) is 0 Å². The highest BCUT2D eigenvalue weighted by atomic mass is 16.1. The summed E-state index contributed by atoms with van der Waals surface area (Å²) in [7, 11) is 0. The van der Waals surface area contributed by atoms with Crippen LogP contribution in [0.2, 0.25) is 0 Å². The third-order valence-corrected chi connectivity index (χ3v) is 2.70. The number of piperidine rings is 1. The molecule has 82 valence electrons. The fourth-order valence-corrected chi connectivity index (χ4v) is 1.93. The van der Waals surface area contributed by atoms with Crippen molar-refractivity contribution in [3.05, 3.63) is 0 Å². The zero-order valence-electron chi connectivity index (χ0n) is 9.22. The second-order valence-corrected chi connectivity index (χ2v) is 3.96. The Morgan fingerprint density at radius 3 is 2.64 bits per heavy atom. The molecule has 14 heavy (non-hydrogen) atoms. The third kappa shape index (κ3) is 4.61. The smallest absolute Gasteiger partial charge is 0.220 e. The van der Waals surface area contributed by atoms with Gasteiger partial charge in [0.2, 0.25) is 5.91 Å². The Morgan fingerprint density at radius 2 is 2.00 bits per heavy atom. The van der Waals surface area contributed by atoms with Crippen LogP contribution in [0.5, 0.6) is 0 Å². The molecule has 0 unspecified atom stereocenters. The van der Waals surface area contributed by atoms with Crippen LogP contribution in [0, 0.1) is 0 Å². The highest BCUT2D eigenvalue weighted by molar-refractivity contribution is 5.75. The van der Waals surface area contributed by atoms with Gasteiger partial charge in [0, 0.05) is 13.0 Å². The van der Waals surface area contributed by atoms with Gasteiger partial charge in [0.05, 0.1) is 0 Å². The molecule has 0 aromatic carbocycles. The molecule has 1 fully saturated rings. The molecule has 1 aliphatic heterocycles. The van der Waals surface area contributed by atoms with Gasteiger partial charge >= 0.3 is 0 Å². The highest BCUT2D eigenvalue weighted by Gasteiger charge is 2.09. The maximum Gasteiger partial charge on any atom is 0.220 e. The zero-order valence-corrected chi connectivity index (χ0v) is 9.22. The lowest BCUT2D eigenvalue weighted by atomic mass is 10.1. The van der Waals surface area contributed by atoms with Crippen LogP contribution in [-0.4, -0.2) is 37.0 Å². The number of carbonyl (C=O) groups excluding carboxylic acids is 1. The van der Waals surface area contributed by atoms with E-state index in [1.807, 2.05) is 6.92 Å². The van der Waals surface area contributed by atoms with Crippen molar-refractivity contribution in [3.8, 4) is 0 Å². The molecule has 0 aliphatic carbocycles. The van der Waals surface area contributed by atoms with E-state index >= 15 is 0 Å². The summed E-state index contributed by atoms with van der Waals surface area (Å²) in [6.45, 7) is 6.27. The SMILES string of the molecule is CCNC(=O)CCCN1CCCCC1. The standard InChI is InChI=1S/C11H22N2O/c1-2-12-11(14)7-6-10-13-8-4-3-5-9-13/h2-10H2,1H3,(H,12,14). The average molecular weight is 198 g/mol. The Kier molecular flexibility index (Phi) is 5.60. The summed E-state index contributed by atoms with van der Waals surface area (Å²) in [6.07, 6.45) is 5.74. The van der Waals surface area contributed by atoms with E-state index in [2.05, 4.69) is 10.2 Å². The van der Waals surface area contributed by atoms with Gasteiger partial charge in [-0.05, 0) is 45.8 Å². The molecule has 1 heterocycles. The molecule has 1 N–H and O–H groups in total. The normalized spacial score (nSPS) is 18.1. The number of hydrogen-bond acceptors (Lipinski definition) is 2. The summed E-state index contributed by atoms with van der Waals surface area (Å²) in [5, 5.41) is 2.83. The van der Waals surface area contributed by atoms with Crippen LogP contribution in [0.4, 0.5) is 0 Å². The van der Waals surface area contributed by atoms with Gasteiger partial charge in [-0.1, -0.05) is 6.42 Å². The maximum absolute atomic E-state index is 11.2. The molecule has 1 saturated heterocycles. The summed E-state index contributed by atoms with van der Waals surface area (Å²) in [4.78, 5) is 13.6. The first-order valence-corrected chi connectivity index (χ1v) is 5.82. The highest BCUT2D eigenvalue weighted by Crippen LogP contribution is 2.09. The van der Waals surface area contributed by atoms with E-state index in [1.165, 1.54) is 32.4 Å². The first-order valence-electron chi connectivity index (χ1n) is 5.82. The molecular weight excluding hydrogens is 176 g/mol. The van der Waals surface area contributed by atoms with Crippen molar-refractivity contribution in [1.82, 2.24) is 10.2 Å². The summed E-state index contributed by atoms with van der Waals surface area (Å²) < 4.78 is 0. The molecule has 1 amide bonds. The topological polar surface area (TPSA) is 32.3 Å². The molecule has 1 rings (SSSR count). The molecule has 0 aromatic rings. The van der Waals surface area contributed by atoms with E-state index < -0.39 is 0 Å². The lowest BCUT2D eigenvalue weighted by molar-refractivity contribution is -0.121. The van der Waals surface area contributed by atoms with Crippen LogP contribution in [-0.2, 0) is 4.79 Å². The molecule has 0 saturated carbocycles. The fraction of sp³-hybridized carbons (Fsp3) is 0.909. The van der Waals surface area contributed by atoms with E-state index in [4.69, 9.17) is 0 Å². The van der Waals surface area contributed by atoms with E-state index in [0.29, 0.717) is 6.42 Å². The number of carbonyl (C=O) groups is 1. The number of nitrogens with zero attached hydrogens (tertiary/aromatic N) is 1. The van der Waals surface area contributed by atoms with Gasteiger partial charge in [-0.2, -0.15) is 0 Å². The predicted octanol–water partition coefficient (Wildman–Crippen LogP) is 1.39. The van der Waals surface area contributed by atoms with E-state index in [-0.39, 0.29) is 5.91 Å². The van der Waals surface area contributed by atoms with Crippen molar-refractivity contribution in [2.45, 2.75) is 39.0 Å². The number of amides is 1. The van der Waals surface area contributed by atoms with Gasteiger partial charge in [0.15, 0.2) is 0 Å². The molecular formula is C11H22N2O.